The average molecular weight is 1000 g/mol. The van der Waals surface area contributed by atoms with Crippen LogP contribution in [0.25, 0.3) is 0 Å². The van der Waals surface area contributed by atoms with Gasteiger partial charge in [0.15, 0.2) is 52.8 Å². The number of ether oxygens (including phenoxy) is 3. The number of fused-ring (bicyclic) bond motifs is 3. The van der Waals surface area contributed by atoms with Gasteiger partial charge in [0, 0.05) is 75.7 Å². The Morgan fingerprint density at radius 3 is 1.12 bits per heavy atom. The molecule has 9 atom stereocenters. The molecular weight excluding hydrogens is 961 g/mol. The Morgan fingerprint density at radius 1 is 0.315 bits per heavy atom. The first-order chi connectivity index (χ1) is 34.6. The summed E-state index contributed by atoms with van der Waals surface area (Å²) in [6, 6.07) is 15.5. The molecule has 3 aliphatic rings. The van der Waals surface area contributed by atoms with E-state index in [4.69, 9.17) is 14.2 Å². The van der Waals surface area contributed by atoms with Crippen molar-refractivity contribution in [3.05, 3.63) is 141 Å². The maximum absolute atomic E-state index is 12.8. The van der Waals surface area contributed by atoms with E-state index in [2.05, 4.69) is 0 Å². The van der Waals surface area contributed by atoms with Gasteiger partial charge in [-0.1, -0.05) is 18.2 Å². The molecule has 0 aromatic heterocycles. The van der Waals surface area contributed by atoms with Crippen LogP contribution in [-0.4, -0.2) is 110 Å². The van der Waals surface area contributed by atoms with Crippen LogP contribution in [0.3, 0.4) is 0 Å². The van der Waals surface area contributed by atoms with Crippen LogP contribution in [0.15, 0.2) is 91.0 Å². The van der Waals surface area contributed by atoms with Crippen molar-refractivity contribution in [2.75, 3.05) is 0 Å². The van der Waals surface area contributed by atoms with Crippen molar-refractivity contribution < 1.29 is 106 Å². The molecule has 21 heteroatoms. The second-order valence-corrected chi connectivity index (χ2v) is 18.1. The zero-order chi connectivity index (χ0) is 52.2. The molecule has 0 saturated carbocycles. The van der Waals surface area contributed by atoms with Crippen molar-refractivity contribution in [1.82, 2.24) is 0 Å². The van der Waals surface area contributed by atoms with Crippen LogP contribution < -0.4 is 14.2 Å². The standard InChI is InChI=1S/C52H44O21/c53-20-10-27(58)22(28(59)11-20)14-23-38-33(64)15-34(65)41(51(38)72-48(45(23)68)17-1-4-24(55)29(60)7-17)44-42-36(67)16-35(66)40(52(42)73-50(47(44)70)19-3-6-26(57)31(62)9-19)43-39-32(63)12-21(54)13-37(39)71-49(46(43)69)18-2-5-25(56)30(61)8-18/h1-13,15-16,23,43-50,53-70H,14H2. The van der Waals surface area contributed by atoms with Crippen LogP contribution in [0.4, 0.5) is 0 Å². The second kappa shape index (κ2) is 17.3. The van der Waals surface area contributed by atoms with Gasteiger partial charge in [0.1, 0.15) is 87.3 Å². The van der Waals surface area contributed by atoms with E-state index in [1.807, 2.05) is 0 Å². The minimum Gasteiger partial charge on any atom is -0.508 e. The van der Waals surface area contributed by atoms with Gasteiger partial charge in [-0.3, -0.25) is 0 Å². The van der Waals surface area contributed by atoms with Gasteiger partial charge in [0.05, 0.1) is 11.8 Å². The van der Waals surface area contributed by atoms with E-state index >= 15 is 0 Å². The van der Waals surface area contributed by atoms with Crippen LogP contribution in [0.1, 0.15) is 86.1 Å². The van der Waals surface area contributed by atoms with Crippen molar-refractivity contribution in [2.45, 2.75) is 60.8 Å². The number of phenolic OH excluding ortho intramolecular Hbond substituents is 15. The summed E-state index contributed by atoms with van der Waals surface area (Å²) in [6.07, 6.45) is -11.3. The Morgan fingerprint density at radius 2 is 0.671 bits per heavy atom. The quantitative estimate of drug-likeness (QED) is 0.0895. The molecule has 9 unspecified atom stereocenters. The van der Waals surface area contributed by atoms with Gasteiger partial charge in [0.25, 0.3) is 0 Å². The van der Waals surface area contributed by atoms with Gasteiger partial charge in [-0.15, -0.1) is 0 Å². The molecular formula is C52H44O21. The van der Waals surface area contributed by atoms with Crippen molar-refractivity contribution in [1.29, 1.82) is 0 Å². The number of aliphatic hydroxyl groups excluding tert-OH is 3. The maximum atomic E-state index is 12.8. The first-order valence-electron chi connectivity index (χ1n) is 22.2. The highest BCUT2D eigenvalue weighted by atomic mass is 16.5. The highest BCUT2D eigenvalue weighted by molar-refractivity contribution is 5.71. The third kappa shape index (κ3) is 7.69. The molecule has 21 nitrogen and oxygen atoms in total. The van der Waals surface area contributed by atoms with Crippen LogP contribution >= 0.6 is 0 Å². The normalized spacial score (nSPS) is 23.0. The molecule has 7 aromatic carbocycles. The number of rotatable bonds is 7. The maximum Gasteiger partial charge on any atom is 0.157 e. The molecule has 0 radical (unpaired) electrons. The Balaban J connectivity index is 1.26. The van der Waals surface area contributed by atoms with Crippen molar-refractivity contribution in [3.63, 3.8) is 0 Å². The first kappa shape index (κ1) is 47.5. The van der Waals surface area contributed by atoms with Gasteiger partial charge in [-0.25, -0.2) is 0 Å². The molecule has 3 heterocycles. The topological polar surface area (TPSA) is 392 Å². The van der Waals surface area contributed by atoms with Gasteiger partial charge in [-0.2, -0.15) is 0 Å². The van der Waals surface area contributed by atoms with Crippen molar-refractivity contribution in [3.8, 4) is 103 Å². The van der Waals surface area contributed by atoms with E-state index in [0.717, 1.165) is 72.8 Å². The fourth-order valence-corrected chi connectivity index (χ4v) is 10.4. The summed E-state index contributed by atoms with van der Waals surface area (Å²) in [5.74, 6) is -16.5. The third-order valence-electron chi connectivity index (χ3n) is 13.7. The fourth-order valence-electron chi connectivity index (χ4n) is 10.4. The minimum absolute atomic E-state index is 0.0266. The number of benzene rings is 7. The predicted octanol–water partition coefficient (Wildman–Crippen LogP) is 5.34. The fraction of sp³-hybridized carbons (Fsp3) is 0.192. The summed E-state index contributed by atoms with van der Waals surface area (Å²) in [7, 11) is 0. The summed E-state index contributed by atoms with van der Waals surface area (Å²) in [4.78, 5) is 0. The van der Waals surface area contributed by atoms with Gasteiger partial charge < -0.3 is 106 Å². The molecule has 0 fully saturated rings. The Bertz CT molecular complexity index is 3370. The van der Waals surface area contributed by atoms with Crippen molar-refractivity contribution in [2.24, 2.45) is 0 Å². The Labute approximate surface area is 410 Å². The van der Waals surface area contributed by atoms with Gasteiger partial charge in [-0.05, 0) is 59.5 Å². The number of aromatic hydroxyl groups is 15. The summed E-state index contributed by atoms with van der Waals surface area (Å²) in [5.41, 5.74) is -2.35. The van der Waals surface area contributed by atoms with E-state index in [-0.39, 0.29) is 39.1 Å². The first-order valence-corrected chi connectivity index (χ1v) is 22.2. The zero-order valence-corrected chi connectivity index (χ0v) is 37.3. The number of hydrogen-bond donors (Lipinski definition) is 18. The molecule has 10 rings (SSSR count). The molecule has 0 saturated heterocycles. The van der Waals surface area contributed by atoms with E-state index in [0.29, 0.717) is 0 Å². The SMILES string of the molecule is Oc1cc(O)c(CC2c3c(O)cc(O)c(C4c5c(O)cc(O)c(C6c7c(O)cc(O)cc7OC(c7ccc(O)c(O)c7)C6O)c5OC(c5ccc(O)c(O)c5)C4O)c3OC(c3ccc(O)c(O)c3)C2O)c(O)c1. The molecule has 0 spiro atoms. The number of phenols is 15. The lowest BCUT2D eigenvalue weighted by molar-refractivity contribution is -0.0106. The lowest BCUT2D eigenvalue weighted by Crippen LogP contribution is -2.39. The molecule has 18 N–H and O–H groups in total. The molecule has 3 aliphatic heterocycles. The highest BCUT2D eigenvalue weighted by Crippen LogP contribution is 2.63. The molecule has 7 aromatic rings. The summed E-state index contributed by atoms with van der Waals surface area (Å²) in [6.45, 7) is 0. The Hall–Kier alpha value is -9.18. The lowest BCUT2D eigenvalue weighted by Gasteiger charge is -2.44. The predicted molar refractivity (Wildman–Crippen MR) is 248 cm³/mol. The highest BCUT2D eigenvalue weighted by Gasteiger charge is 2.52. The van der Waals surface area contributed by atoms with Crippen LogP contribution in [-0.2, 0) is 6.42 Å². The van der Waals surface area contributed by atoms with Crippen LogP contribution in [0.5, 0.6) is 103 Å². The molecule has 0 amide bonds. The summed E-state index contributed by atoms with van der Waals surface area (Å²) >= 11 is 0. The van der Waals surface area contributed by atoms with Crippen LogP contribution in [0.2, 0.25) is 0 Å². The minimum atomic E-state index is -2.06. The molecule has 0 bridgehead atoms. The third-order valence-corrected chi connectivity index (χ3v) is 13.7. The van der Waals surface area contributed by atoms with Gasteiger partial charge >= 0.3 is 0 Å². The van der Waals surface area contributed by atoms with Gasteiger partial charge in [0.2, 0.25) is 0 Å². The summed E-state index contributed by atoms with van der Waals surface area (Å²) in [5, 5.41) is 203. The zero-order valence-electron chi connectivity index (χ0n) is 37.3. The van der Waals surface area contributed by atoms with Crippen LogP contribution in [0, 0.1) is 0 Å². The average Bonchev–Trinajstić information content (AvgIpc) is 3.31. The van der Waals surface area contributed by atoms with Crippen molar-refractivity contribution >= 4 is 0 Å². The summed E-state index contributed by atoms with van der Waals surface area (Å²) < 4.78 is 19.2. The monoisotopic (exact) mass is 1000 g/mol. The molecule has 378 valence electrons. The lowest BCUT2D eigenvalue weighted by atomic mass is 9.72. The largest absolute Gasteiger partial charge is 0.508 e. The molecule has 0 aliphatic carbocycles. The Kier molecular flexibility index (Phi) is 11.3. The molecule has 73 heavy (non-hydrogen) atoms. The number of hydrogen-bond acceptors (Lipinski definition) is 21. The second-order valence-electron chi connectivity index (χ2n) is 18.1. The van der Waals surface area contributed by atoms with E-state index in [9.17, 15) is 91.9 Å². The van der Waals surface area contributed by atoms with E-state index < -0.39 is 175 Å². The van der Waals surface area contributed by atoms with E-state index in [1.54, 1.807) is 0 Å². The smallest absolute Gasteiger partial charge is 0.157 e. The number of aliphatic hydroxyl groups is 3. The van der Waals surface area contributed by atoms with E-state index in [1.165, 1.54) is 18.2 Å².